The first-order valence-corrected chi connectivity index (χ1v) is 9.37. The van der Waals surface area contributed by atoms with Gasteiger partial charge >= 0.3 is 0 Å². The van der Waals surface area contributed by atoms with E-state index in [2.05, 4.69) is 20.8 Å². The number of halogens is 1. The zero-order chi connectivity index (χ0) is 20.5. The van der Waals surface area contributed by atoms with Crippen LogP contribution in [0.4, 0.5) is 10.2 Å². The zero-order valence-electron chi connectivity index (χ0n) is 16.2. The minimum absolute atomic E-state index is 0.245. The van der Waals surface area contributed by atoms with Crippen LogP contribution in [0, 0.1) is 5.82 Å². The van der Waals surface area contributed by atoms with Crippen LogP contribution in [0.5, 0.6) is 5.75 Å². The van der Waals surface area contributed by atoms with E-state index in [1.807, 2.05) is 24.3 Å². The van der Waals surface area contributed by atoms with Gasteiger partial charge in [0.25, 0.3) is 5.91 Å². The Kier molecular flexibility index (Phi) is 7.10. The van der Waals surface area contributed by atoms with Crippen LogP contribution < -0.4 is 15.4 Å². The lowest BCUT2D eigenvalue weighted by Crippen LogP contribution is -2.26. The standard InChI is InChI=1S/C22H23FN4O2/c1-29-19-4-2-3-17(15-19)12-14-25-22(28)20-9-10-21(27-26-20)24-13-11-16-5-7-18(23)8-6-16/h2-10,15H,11-14H2,1H3,(H,24,27)(H,25,28). The molecule has 3 aromatic rings. The largest absolute Gasteiger partial charge is 0.497 e. The maximum atomic E-state index is 12.9. The van der Waals surface area contributed by atoms with E-state index in [9.17, 15) is 9.18 Å². The molecule has 0 saturated heterocycles. The number of rotatable bonds is 9. The summed E-state index contributed by atoms with van der Waals surface area (Å²) in [6.07, 6.45) is 1.42. The molecule has 29 heavy (non-hydrogen) atoms. The molecule has 3 rings (SSSR count). The number of carbonyl (C=O) groups is 1. The molecule has 0 spiro atoms. The average Bonchev–Trinajstić information content (AvgIpc) is 2.76. The summed E-state index contributed by atoms with van der Waals surface area (Å²) in [5, 5.41) is 14.0. The predicted molar refractivity (Wildman–Crippen MR) is 110 cm³/mol. The fourth-order valence-electron chi connectivity index (χ4n) is 2.77. The van der Waals surface area contributed by atoms with E-state index in [-0.39, 0.29) is 17.4 Å². The molecule has 0 bridgehead atoms. The molecule has 0 atom stereocenters. The molecule has 2 aromatic carbocycles. The number of nitrogens with zero attached hydrogens (tertiary/aromatic N) is 2. The maximum Gasteiger partial charge on any atom is 0.271 e. The number of carbonyl (C=O) groups excluding carboxylic acids is 1. The summed E-state index contributed by atoms with van der Waals surface area (Å²) < 4.78 is 18.1. The van der Waals surface area contributed by atoms with E-state index < -0.39 is 0 Å². The highest BCUT2D eigenvalue weighted by atomic mass is 19.1. The monoisotopic (exact) mass is 394 g/mol. The van der Waals surface area contributed by atoms with Crippen molar-refractivity contribution in [1.82, 2.24) is 15.5 Å². The second-order valence-electron chi connectivity index (χ2n) is 6.46. The van der Waals surface area contributed by atoms with Crippen LogP contribution in [0.25, 0.3) is 0 Å². The van der Waals surface area contributed by atoms with Crippen molar-refractivity contribution in [3.05, 3.63) is 83.3 Å². The Labute approximate surface area is 169 Å². The first-order chi connectivity index (χ1) is 14.1. The molecule has 1 amide bonds. The predicted octanol–water partition coefficient (Wildman–Crippen LogP) is 3.25. The number of methoxy groups -OCH3 is 1. The Bertz CT molecular complexity index is 930. The van der Waals surface area contributed by atoms with Gasteiger partial charge < -0.3 is 15.4 Å². The number of nitrogens with one attached hydrogen (secondary N) is 2. The van der Waals surface area contributed by atoms with E-state index in [1.165, 1.54) is 12.1 Å². The lowest BCUT2D eigenvalue weighted by atomic mass is 10.1. The molecule has 0 aliphatic rings. The summed E-state index contributed by atoms with van der Waals surface area (Å²) in [5.74, 6) is 0.866. The molecule has 2 N–H and O–H groups in total. The number of anilines is 1. The van der Waals surface area contributed by atoms with Gasteiger partial charge in [-0.05, 0) is 60.4 Å². The average molecular weight is 394 g/mol. The number of hydrogen-bond acceptors (Lipinski definition) is 5. The van der Waals surface area contributed by atoms with Crippen LogP contribution in [-0.2, 0) is 12.8 Å². The van der Waals surface area contributed by atoms with E-state index >= 15 is 0 Å². The van der Waals surface area contributed by atoms with Gasteiger partial charge in [0.05, 0.1) is 7.11 Å². The quantitative estimate of drug-likeness (QED) is 0.583. The van der Waals surface area contributed by atoms with Gasteiger partial charge in [-0.25, -0.2) is 4.39 Å². The van der Waals surface area contributed by atoms with Gasteiger partial charge in [0, 0.05) is 13.1 Å². The summed E-state index contributed by atoms with van der Waals surface area (Å²) in [6, 6.07) is 17.5. The molecule has 0 saturated carbocycles. The van der Waals surface area contributed by atoms with Crippen molar-refractivity contribution in [2.45, 2.75) is 12.8 Å². The fraction of sp³-hybridized carbons (Fsp3) is 0.227. The van der Waals surface area contributed by atoms with Crippen LogP contribution in [-0.4, -0.2) is 36.3 Å². The lowest BCUT2D eigenvalue weighted by Gasteiger charge is -2.07. The Morgan fingerprint density at radius 2 is 1.76 bits per heavy atom. The summed E-state index contributed by atoms with van der Waals surface area (Å²) in [5.41, 5.74) is 2.37. The molecule has 7 heteroatoms. The first kappa shape index (κ1) is 20.3. The van der Waals surface area contributed by atoms with Crippen molar-refractivity contribution in [2.75, 3.05) is 25.5 Å². The molecule has 0 unspecified atom stereocenters. The van der Waals surface area contributed by atoms with Crippen molar-refractivity contribution in [2.24, 2.45) is 0 Å². The smallest absolute Gasteiger partial charge is 0.271 e. The third-order valence-electron chi connectivity index (χ3n) is 4.36. The van der Waals surface area contributed by atoms with Gasteiger partial charge in [0.2, 0.25) is 0 Å². The zero-order valence-corrected chi connectivity index (χ0v) is 16.2. The number of hydrogen-bond donors (Lipinski definition) is 2. The molecule has 0 fully saturated rings. The summed E-state index contributed by atoms with van der Waals surface area (Å²) in [4.78, 5) is 12.2. The van der Waals surface area contributed by atoms with Crippen LogP contribution in [0.3, 0.4) is 0 Å². The summed E-state index contributed by atoms with van der Waals surface area (Å²) in [6.45, 7) is 1.12. The molecule has 6 nitrogen and oxygen atoms in total. The first-order valence-electron chi connectivity index (χ1n) is 9.37. The molecular formula is C22H23FN4O2. The van der Waals surface area contributed by atoms with Gasteiger partial charge in [0.15, 0.2) is 5.69 Å². The van der Waals surface area contributed by atoms with E-state index in [0.29, 0.717) is 25.3 Å². The number of ether oxygens (including phenoxy) is 1. The number of aromatic nitrogens is 2. The normalized spacial score (nSPS) is 10.4. The lowest BCUT2D eigenvalue weighted by molar-refractivity contribution is 0.0948. The summed E-state index contributed by atoms with van der Waals surface area (Å²) >= 11 is 0. The maximum absolute atomic E-state index is 12.9. The molecule has 150 valence electrons. The Balaban J connectivity index is 1.42. The van der Waals surface area contributed by atoms with Crippen molar-refractivity contribution in [1.29, 1.82) is 0 Å². The minimum Gasteiger partial charge on any atom is -0.497 e. The number of benzene rings is 2. The third-order valence-corrected chi connectivity index (χ3v) is 4.36. The van der Waals surface area contributed by atoms with Gasteiger partial charge in [-0.2, -0.15) is 0 Å². The fourth-order valence-corrected chi connectivity index (χ4v) is 2.77. The minimum atomic E-state index is -0.266. The van der Waals surface area contributed by atoms with Crippen LogP contribution in [0.1, 0.15) is 21.6 Å². The van der Waals surface area contributed by atoms with E-state index in [4.69, 9.17) is 4.74 Å². The highest BCUT2D eigenvalue weighted by Gasteiger charge is 2.08. The molecule has 0 radical (unpaired) electrons. The summed E-state index contributed by atoms with van der Waals surface area (Å²) in [7, 11) is 1.63. The second kappa shape index (κ2) is 10.2. The number of amides is 1. The van der Waals surface area contributed by atoms with Crippen molar-refractivity contribution in [3.63, 3.8) is 0 Å². The topological polar surface area (TPSA) is 76.1 Å². The highest BCUT2D eigenvalue weighted by Crippen LogP contribution is 2.12. The van der Waals surface area contributed by atoms with Gasteiger partial charge in [-0.3, -0.25) is 4.79 Å². The Morgan fingerprint density at radius 1 is 0.966 bits per heavy atom. The molecule has 0 aliphatic carbocycles. The van der Waals surface area contributed by atoms with E-state index in [1.54, 1.807) is 31.4 Å². The Hall–Kier alpha value is -3.48. The van der Waals surface area contributed by atoms with Crippen molar-refractivity contribution >= 4 is 11.7 Å². The highest BCUT2D eigenvalue weighted by molar-refractivity contribution is 5.92. The SMILES string of the molecule is COc1cccc(CCNC(=O)c2ccc(NCCc3ccc(F)cc3)nn2)c1. The van der Waals surface area contributed by atoms with Gasteiger partial charge in [-0.1, -0.05) is 24.3 Å². The Morgan fingerprint density at radius 3 is 2.48 bits per heavy atom. The van der Waals surface area contributed by atoms with Crippen LogP contribution in [0.15, 0.2) is 60.7 Å². The van der Waals surface area contributed by atoms with E-state index in [0.717, 1.165) is 23.3 Å². The van der Waals surface area contributed by atoms with Gasteiger partial charge in [0.1, 0.15) is 17.4 Å². The van der Waals surface area contributed by atoms with Crippen LogP contribution >= 0.6 is 0 Å². The third kappa shape index (κ3) is 6.27. The molecular weight excluding hydrogens is 371 g/mol. The van der Waals surface area contributed by atoms with Crippen molar-refractivity contribution < 1.29 is 13.9 Å². The molecule has 1 heterocycles. The van der Waals surface area contributed by atoms with Crippen LogP contribution in [0.2, 0.25) is 0 Å². The second-order valence-corrected chi connectivity index (χ2v) is 6.46. The molecule has 0 aliphatic heterocycles. The van der Waals surface area contributed by atoms with Gasteiger partial charge in [-0.15, -0.1) is 10.2 Å². The molecule has 1 aromatic heterocycles. The van der Waals surface area contributed by atoms with Crippen molar-refractivity contribution in [3.8, 4) is 5.75 Å².